The van der Waals surface area contributed by atoms with Crippen LogP contribution in [0.5, 0.6) is 0 Å². The fourth-order valence-electron chi connectivity index (χ4n) is 6.38. The smallest absolute Gasteiger partial charge is 0.264 e. The molecule has 1 saturated carbocycles. The fraction of sp³-hybridized carbons (Fsp3) is 0.250. The summed E-state index contributed by atoms with van der Waals surface area (Å²) in [5.74, 6) is -1.15. The second-order valence-corrected chi connectivity index (χ2v) is 11.8. The topological polar surface area (TPSA) is 98.0 Å². The van der Waals surface area contributed by atoms with E-state index in [0.717, 1.165) is 51.0 Å². The van der Waals surface area contributed by atoms with E-state index in [1.165, 1.54) is 5.01 Å². The molecule has 3 aliphatic heterocycles. The molecule has 42 heavy (non-hydrogen) atoms. The number of carbonyl (C=O) groups excluding carboxylic acids is 3. The molecule has 2 fully saturated rings. The van der Waals surface area contributed by atoms with E-state index < -0.39 is 23.9 Å². The van der Waals surface area contributed by atoms with Gasteiger partial charge in [0.15, 0.2) is 12.1 Å². The van der Waals surface area contributed by atoms with Crippen LogP contribution in [0.3, 0.4) is 0 Å². The van der Waals surface area contributed by atoms with Crippen molar-refractivity contribution in [2.45, 2.75) is 37.4 Å². The van der Waals surface area contributed by atoms with Crippen molar-refractivity contribution in [2.24, 2.45) is 21.4 Å². The molecule has 3 amide bonds. The van der Waals surface area contributed by atoms with Crippen molar-refractivity contribution in [3.63, 3.8) is 0 Å². The van der Waals surface area contributed by atoms with Crippen molar-refractivity contribution in [3.8, 4) is 0 Å². The zero-order chi connectivity index (χ0) is 28.8. The second kappa shape index (κ2) is 10.8. The molecule has 7 rings (SSSR count). The number of nitrogens with zero attached hydrogens (tertiary/aromatic N) is 6. The Bertz CT molecular complexity index is 1660. The summed E-state index contributed by atoms with van der Waals surface area (Å²) < 4.78 is 0.744. The average Bonchev–Trinajstić information content (AvgIpc) is 3.67. The maximum atomic E-state index is 14.0. The van der Waals surface area contributed by atoms with Crippen LogP contribution in [0.1, 0.15) is 36.4 Å². The summed E-state index contributed by atoms with van der Waals surface area (Å²) in [4.78, 5) is 41.8. The number of hydrogen-bond donors (Lipinski definition) is 0. The van der Waals surface area contributed by atoms with Gasteiger partial charge in [0.05, 0.1) is 17.4 Å². The molecule has 0 aromatic heterocycles. The number of halogens is 1. The van der Waals surface area contributed by atoms with Crippen molar-refractivity contribution in [1.29, 1.82) is 0 Å². The van der Waals surface area contributed by atoms with Gasteiger partial charge in [-0.2, -0.15) is 10.2 Å². The highest BCUT2D eigenvalue weighted by molar-refractivity contribution is 9.10. The Balaban J connectivity index is 1.18. The third-order valence-corrected chi connectivity index (χ3v) is 8.75. The molecule has 0 bridgehead atoms. The maximum absolute atomic E-state index is 14.0. The Morgan fingerprint density at radius 3 is 2.45 bits per heavy atom. The number of hydrogen-bond acceptors (Lipinski definition) is 7. The number of carbonyl (C=O) groups is 3. The van der Waals surface area contributed by atoms with E-state index in [1.807, 2.05) is 54.6 Å². The lowest BCUT2D eigenvalue weighted by atomic mass is 9.77. The van der Waals surface area contributed by atoms with Gasteiger partial charge in [0.2, 0.25) is 0 Å². The lowest BCUT2D eigenvalue weighted by Gasteiger charge is -2.30. The molecular formula is C32H27BrN6O3. The molecule has 3 heterocycles. The van der Waals surface area contributed by atoms with Gasteiger partial charge in [-0.15, -0.1) is 0 Å². The molecule has 4 atom stereocenters. The molecule has 1 saturated heterocycles. The van der Waals surface area contributed by atoms with Gasteiger partial charge in [-0.05, 0) is 60.2 Å². The van der Waals surface area contributed by atoms with Crippen LogP contribution in [0.15, 0.2) is 110 Å². The number of allylic oxidation sites excluding steroid dienone is 1. The lowest BCUT2D eigenvalue weighted by Crippen LogP contribution is -2.45. The van der Waals surface area contributed by atoms with Crippen LogP contribution < -0.4 is 4.90 Å². The monoisotopic (exact) mass is 622 g/mol. The normalized spacial score (nSPS) is 25.7. The number of fused-ring (bicyclic) bond motifs is 2. The standard InChI is InChI=1S/C32H27BrN6O3/c33-23-14-8-15-24(18-23)38-31(41)28-30(32(38)42)37(36-34-28)19-26(40)39-29(21-11-5-2-6-12-21)25-16-7-13-22(27(25)35-39)17-20-9-3-1-4-10-20/h1-6,8-12,14-15,17-18,25,28-30H,7,13,16,19H2/b22-17+/t25-,28-,29-,30+/m0/s1. The van der Waals surface area contributed by atoms with Gasteiger partial charge in [-0.1, -0.05) is 87.9 Å². The van der Waals surface area contributed by atoms with Gasteiger partial charge >= 0.3 is 0 Å². The summed E-state index contributed by atoms with van der Waals surface area (Å²) in [5.41, 5.74) is 4.62. The summed E-state index contributed by atoms with van der Waals surface area (Å²) in [6.45, 7) is -0.222. The van der Waals surface area contributed by atoms with Gasteiger partial charge in [-0.3, -0.25) is 19.4 Å². The molecule has 9 nitrogen and oxygen atoms in total. The predicted molar refractivity (Wildman–Crippen MR) is 161 cm³/mol. The van der Waals surface area contributed by atoms with E-state index in [-0.39, 0.29) is 24.4 Å². The van der Waals surface area contributed by atoms with Crippen LogP contribution in [0.25, 0.3) is 6.08 Å². The minimum atomic E-state index is -0.984. The Labute approximate surface area is 251 Å². The first-order chi connectivity index (χ1) is 20.5. The first-order valence-corrected chi connectivity index (χ1v) is 14.8. The van der Waals surface area contributed by atoms with Crippen molar-refractivity contribution in [2.75, 3.05) is 11.4 Å². The van der Waals surface area contributed by atoms with Gasteiger partial charge in [0, 0.05) is 10.4 Å². The number of anilines is 1. The quantitative estimate of drug-likeness (QED) is 0.348. The third-order valence-electron chi connectivity index (χ3n) is 8.26. The number of amides is 3. The number of rotatable bonds is 5. The van der Waals surface area contributed by atoms with Gasteiger partial charge in [-0.25, -0.2) is 9.91 Å². The Kier molecular flexibility index (Phi) is 6.78. The van der Waals surface area contributed by atoms with Crippen LogP contribution in [0.2, 0.25) is 0 Å². The van der Waals surface area contributed by atoms with Crippen LogP contribution in [-0.2, 0) is 14.4 Å². The van der Waals surface area contributed by atoms with E-state index in [1.54, 1.807) is 23.2 Å². The van der Waals surface area contributed by atoms with Crippen LogP contribution in [0.4, 0.5) is 5.69 Å². The van der Waals surface area contributed by atoms with Crippen molar-refractivity contribution in [1.82, 2.24) is 10.0 Å². The molecule has 3 aromatic rings. The van der Waals surface area contributed by atoms with Crippen molar-refractivity contribution >= 4 is 51.1 Å². The van der Waals surface area contributed by atoms with Crippen LogP contribution in [0, 0.1) is 5.92 Å². The van der Waals surface area contributed by atoms with Gasteiger partial charge < -0.3 is 0 Å². The molecule has 10 heteroatoms. The highest BCUT2D eigenvalue weighted by Gasteiger charge is 2.55. The highest BCUT2D eigenvalue weighted by Crippen LogP contribution is 2.44. The molecule has 3 aromatic carbocycles. The first-order valence-electron chi connectivity index (χ1n) is 14.0. The highest BCUT2D eigenvalue weighted by atomic mass is 79.9. The predicted octanol–water partition coefficient (Wildman–Crippen LogP) is 5.57. The zero-order valence-electron chi connectivity index (χ0n) is 22.6. The summed E-state index contributed by atoms with van der Waals surface area (Å²) >= 11 is 3.40. The SMILES string of the molecule is O=C1[C@H]2N=NN(CC(=O)N3N=C4/C(=C/c5ccccc5)CCC[C@@H]4[C@@H]3c3ccccc3)[C@H]2C(=O)N1c1cccc(Br)c1. The molecule has 0 N–H and O–H groups in total. The molecule has 1 aliphatic carbocycles. The Morgan fingerprint density at radius 1 is 0.929 bits per heavy atom. The Morgan fingerprint density at radius 2 is 1.69 bits per heavy atom. The van der Waals surface area contributed by atoms with E-state index >= 15 is 0 Å². The maximum Gasteiger partial charge on any atom is 0.264 e. The largest absolute Gasteiger partial charge is 0.271 e. The minimum absolute atomic E-state index is 0.0507. The van der Waals surface area contributed by atoms with Crippen molar-refractivity contribution < 1.29 is 14.4 Å². The first kappa shape index (κ1) is 26.5. The molecule has 0 spiro atoms. The van der Waals surface area contributed by atoms with E-state index in [4.69, 9.17) is 5.10 Å². The molecule has 0 radical (unpaired) electrons. The van der Waals surface area contributed by atoms with Gasteiger partial charge in [0.1, 0.15) is 6.54 Å². The number of benzene rings is 3. The van der Waals surface area contributed by atoms with Crippen LogP contribution in [-0.4, -0.2) is 52.1 Å². The fourth-order valence-corrected chi connectivity index (χ4v) is 6.76. The second-order valence-electron chi connectivity index (χ2n) is 10.8. The number of imide groups is 1. The summed E-state index contributed by atoms with van der Waals surface area (Å²) in [7, 11) is 0. The summed E-state index contributed by atoms with van der Waals surface area (Å²) in [6, 6.07) is 24.8. The van der Waals surface area contributed by atoms with Crippen LogP contribution >= 0.6 is 15.9 Å². The zero-order valence-corrected chi connectivity index (χ0v) is 24.2. The third kappa shape index (κ3) is 4.56. The molecule has 0 unspecified atom stereocenters. The molecular weight excluding hydrogens is 596 g/mol. The van der Waals surface area contributed by atoms with Gasteiger partial charge in [0.25, 0.3) is 17.7 Å². The van der Waals surface area contributed by atoms with E-state index in [2.05, 4.69) is 44.5 Å². The average molecular weight is 624 g/mol. The minimum Gasteiger partial charge on any atom is -0.271 e. The van der Waals surface area contributed by atoms with Crippen molar-refractivity contribution in [3.05, 3.63) is 106 Å². The lowest BCUT2D eigenvalue weighted by molar-refractivity contribution is -0.136. The summed E-state index contributed by atoms with van der Waals surface area (Å²) in [5, 5.41) is 16.1. The molecule has 210 valence electrons. The van der Waals surface area contributed by atoms with E-state index in [0.29, 0.717) is 5.69 Å². The summed E-state index contributed by atoms with van der Waals surface area (Å²) in [6.07, 6.45) is 4.97. The molecule has 4 aliphatic rings. The van der Waals surface area contributed by atoms with E-state index in [9.17, 15) is 14.4 Å². The Hall–Kier alpha value is -4.44. The number of hydrazone groups is 1.